The van der Waals surface area contributed by atoms with Crippen LogP contribution >= 0.6 is 11.8 Å². The Hall–Kier alpha value is -1.40. The number of benzene rings is 1. The summed E-state index contributed by atoms with van der Waals surface area (Å²) in [5, 5.41) is -0.478. The third-order valence-corrected chi connectivity index (χ3v) is 4.14. The molecule has 1 aliphatic rings. The van der Waals surface area contributed by atoms with E-state index in [1.807, 2.05) is 6.92 Å². The minimum atomic E-state index is -0.478. The average Bonchev–Trinajstić information content (AvgIpc) is 2.62. The van der Waals surface area contributed by atoms with Gasteiger partial charge >= 0.3 is 0 Å². The number of anilines is 1. The molecule has 92 valence electrons. The number of primary amides is 1. The second-order valence-electron chi connectivity index (χ2n) is 3.80. The van der Waals surface area contributed by atoms with Crippen LogP contribution in [0.1, 0.15) is 18.5 Å². The van der Waals surface area contributed by atoms with E-state index in [1.165, 1.54) is 11.8 Å². The first kappa shape index (κ1) is 12.1. The molecule has 0 saturated carbocycles. The number of nitrogen functional groups attached to an aromatic ring is 1. The lowest BCUT2D eigenvalue weighted by Gasteiger charge is -2.14. The summed E-state index contributed by atoms with van der Waals surface area (Å²) in [5.41, 5.74) is 18.6. The predicted octanol–water partition coefficient (Wildman–Crippen LogP) is 0.627. The Kier molecular flexibility index (Phi) is 3.17. The highest BCUT2D eigenvalue weighted by molar-refractivity contribution is 8.01. The number of hydrogen-bond donors (Lipinski definition) is 3. The van der Waals surface area contributed by atoms with E-state index >= 15 is 0 Å². The van der Waals surface area contributed by atoms with Crippen LogP contribution in [0.4, 0.5) is 5.69 Å². The number of hydrogen-bond acceptors (Lipinski definition) is 5. The topological polar surface area (TPSA) is 104 Å². The van der Waals surface area contributed by atoms with Crippen molar-refractivity contribution in [2.75, 3.05) is 12.3 Å². The van der Waals surface area contributed by atoms with E-state index in [1.54, 1.807) is 12.1 Å². The van der Waals surface area contributed by atoms with Crippen molar-refractivity contribution in [3.8, 4) is 5.75 Å². The lowest BCUT2D eigenvalue weighted by Crippen LogP contribution is -2.32. The van der Waals surface area contributed by atoms with Crippen LogP contribution in [0.5, 0.6) is 5.75 Å². The minimum absolute atomic E-state index is 0.430. The average molecular weight is 253 g/mol. The molecule has 1 amide bonds. The molecule has 0 aliphatic carbocycles. The fourth-order valence-corrected chi connectivity index (χ4v) is 3.13. The number of carbonyl (C=O) groups excluding carboxylic acids is 1. The van der Waals surface area contributed by atoms with Gasteiger partial charge in [0.15, 0.2) is 0 Å². The third-order valence-electron chi connectivity index (χ3n) is 2.67. The number of amides is 1. The fourth-order valence-electron chi connectivity index (χ4n) is 1.91. The van der Waals surface area contributed by atoms with Gasteiger partial charge in [-0.3, -0.25) is 4.79 Å². The first-order valence-electron chi connectivity index (χ1n) is 5.33. The van der Waals surface area contributed by atoms with Crippen LogP contribution in [0.25, 0.3) is 0 Å². The largest absolute Gasteiger partial charge is 0.493 e. The molecule has 0 aromatic heterocycles. The zero-order valence-electron chi connectivity index (χ0n) is 9.47. The van der Waals surface area contributed by atoms with Crippen LogP contribution in [0.3, 0.4) is 0 Å². The Morgan fingerprint density at radius 3 is 2.82 bits per heavy atom. The molecule has 0 fully saturated rings. The van der Waals surface area contributed by atoms with Crippen LogP contribution in [0.2, 0.25) is 0 Å². The number of carbonyl (C=O) groups is 1. The van der Waals surface area contributed by atoms with Gasteiger partial charge in [-0.15, -0.1) is 11.8 Å². The van der Waals surface area contributed by atoms with Gasteiger partial charge in [-0.2, -0.15) is 0 Å². The number of nitrogens with two attached hydrogens (primary N) is 3. The van der Waals surface area contributed by atoms with Gasteiger partial charge in [0, 0.05) is 16.1 Å². The van der Waals surface area contributed by atoms with Gasteiger partial charge in [0.05, 0.1) is 12.6 Å². The molecular weight excluding hydrogens is 238 g/mol. The standard InChI is InChI=1S/C11H15N3O2S/c1-2-16-6-4-3-5(12)9-7(6)8(13)10(17-9)11(14)15/h3-4,8,10H,2,12-13H2,1H3,(H2,14,15). The first-order valence-corrected chi connectivity index (χ1v) is 6.21. The Balaban J connectivity index is 2.48. The molecule has 1 heterocycles. The molecule has 2 atom stereocenters. The summed E-state index contributed by atoms with van der Waals surface area (Å²) in [6.07, 6.45) is 0. The fraction of sp³-hybridized carbons (Fsp3) is 0.364. The first-order chi connectivity index (χ1) is 8.06. The number of fused-ring (bicyclic) bond motifs is 1. The van der Waals surface area contributed by atoms with E-state index in [0.717, 1.165) is 10.5 Å². The van der Waals surface area contributed by atoms with Crippen molar-refractivity contribution in [3.05, 3.63) is 17.7 Å². The molecular formula is C11H15N3O2S. The Bertz CT molecular complexity index is 464. The maximum absolute atomic E-state index is 11.3. The molecule has 0 saturated heterocycles. The van der Waals surface area contributed by atoms with E-state index in [-0.39, 0.29) is 0 Å². The quantitative estimate of drug-likeness (QED) is 0.685. The van der Waals surface area contributed by atoms with E-state index in [0.29, 0.717) is 18.0 Å². The zero-order valence-corrected chi connectivity index (χ0v) is 10.3. The van der Waals surface area contributed by atoms with Gasteiger partial charge in [-0.05, 0) is 19.1 Å². The molecule has 1 aliphatic heterocycles. The van der Waals surface area contributed by atoms with Gasteiger partial charge in [0.2, 0.25) is 5.91 Å². The SMILES string of the molecule is CCOc1ccc(N)c2c1C(N)C(C(N)=O)S2. The van der Waals surface area contributed by atoms with E-state index in [2.05, 4.69) is 0 Å². The molecule has 5 nitrogen and oxygen atoms in total. The highest BCUT2D eigenvalue weighted by Gasteiger charge is 2.38. The van der Waals surface area contributed by atoms with Crippen LogP contribution in [-0.4, -0.2) is 17.8 Å². The molecule has 2 unspecified atom stereocenters. The molecule has 17 heavy (non-hydrogen) atoms. The predicted molar refractivity (Wildman–Crippen MR) is 67.8 cm³/mol. The van der Waals surface area contributed by atoms with Gasteiger partial charge in [0.25, 0.3) is 0 Å². The van der Waals surface area contributed by atoms with E-state index < -0.39 is 17.2 Å². The van der Waals surface area contributed by atoms with Gasteiger partial charge in [-0.25, -0.2) is 0 Å². The molecule has 0 radical (unpaired) electrons. The number of ether oxygens (including phenoxy) is 1. The summed E-state index contributed by atoms with van der Waals surface area (Å²) in [7, 11) is 0. The van der Waals surface area contributed by atoms with Crippen molar-refractivity contribution < 1.29 is 9.53 Å². The van der Waals surface area contributed by atoms with Gasteiger partial charge < -0.3 is 21.9 Å². The Labute approximate surface area is 104 Å². The van der Waals surface area contributed by atoms with Crippen molar-refractivity contribution in [1.82, 2.24) is 0 Å². The summed E-state index contributed by atoms with van der Waals surface area (Å²) >= 11 is 1.31. The highest BCUT2D eigenvalue weighted by Crippen LogP contribution is 2.49. The lowest BCUT2D eigenvalue weighted by atomic mass is 10.0. The van der Waals surface area contributed by atoms with E-state index in [9.17, 15) is 4.79 Å². The number of thioether (sulfide) groups is 1. The maximum atomic E-state index is 11.3. The summed E-state index contributed by atoms with van der Waals surface area (Å²) in [6, 6.07) is 3.08. The second kappa shape index (κ2) is 4.46. The maximum Gasteiger partial charge on any atom is 0.232 e. The van der Waals surface area contributed by atoms with Gasteiger partial charge in [0.1, 0.15) is 11.0 Å². The molecule has 1 aromatic rings. The van der Waals surface area contributed by atoms with Crippen LogP contribution < -0.4 is 21.9 Å². The van der Waals surface area contributed by atoms with Crippen molar-refractivity contribution in [2.45, 2.75) is 23.1 Å². The van der Waals surface area contributed by atoms with Crippen LogP contribution in [0, 0.1) is 0 Å². The van der Waals surface area contributed by atoms with Crippen molar-refractivity contribution >= 4 is 23.4 Å². The summed E-state index contributed by atoms with van der Waals surface area (Å²) < 4.78 is 5.50. The normalized spacial score (nSPS) is 22.2. The third kappa shape index (κ3) is 1.94. The van der Waals surface area contributed by atoms with E-state index in [4.69, 9.17) is 21.9 Å². The molecule has 6 N–H and O–H groups in total. The van der Waals surface area contributed by atoms with Crippen molar-refractivity contribution in [1.29, 1.82) is 0 Å². The Morgan fingerprint density at radius 2 is 2.24 bits per heavy atom. The highest BCUT2D eigenvalue weighted by atomic mass is 32.2. The van der Waals surface area contributed by atoms with Crippen molar-refractivity contribution in [3.63, 3.8) is 0 Å². The van der Waals surface area contributed by atoms with Crippen LogP contribution in [-0.2, 0) is 4.79 Å². The van der Waals surface area contributed by atoms with Gasteiger partial charge in [-0.1, -0.05) is 0 Å². The zero-order chi connectivity index (χ0) is 12.6. The summed E-state index contributed by atoms with van der Waals surface area (Å²) in [5.74, 6) is 0.251. The molecule has 1 aromatic carbocycles. The lowest BCUT2D eigenvalue weighted by molar-refractivity contribution is -0.117. The summed E-state index contributed by atoms with van der Waals surface area (Å²) in [6.45, 7) is 2.43. The smallest absolute Gasteiger partial charge is 0.232 e. The molecule has 2 rings (SSSR count). The van der Waals surface area contributed by atoms with Crippen molar-refractivity contribution in [2.24, 2.45) is 11.5 Å². The Morgan fingerprint density at radius 1 is 1.53 bits per heavy atom. The second-order valence-corrected chi connectivity index (χ2v) is 4.95. The molecule has 0 spiro atoms. The summed E-state index contributed by atoms with van der Waals surface area (Å²) in [4.78, 5) is 12.1. The monoisotopic (exact) mass is 253 g/mol. The molecule has 0 bridgehead atoms. The minimum Gasteiger partial charge on any atom is -0.493 e. The molecule has 6 heteroatoms. The van der Waals surface area contributed by atoms with Crippen LogP contribution in [0.15, 0.2) is 17.0 Å². The number of rotatable bonds is 3.